The maximum Gasteiger partial charge on any atom is 0.130 e. The van der Waals surface area contributed by atoms with Crippen LogP contribution < -0.4 is 5.32 Å². The average Bonchev–Trinajstić information content (AvgIpc) is 2.91. The van der Waals surface area contributed by atoms with E-state index in [2.05, 4.69) is 11.4 Å². The molecule has 1 heterocycles. The van der Waals surface area contributed by atoms with E-state index in [1.165, 1.54) is 25.3 Å². The van der Waals surface area contributed by atoms with Crippen LogP contribution in [0.15, 0.2) is 30.3 Å². The third-order valence-electron chi connectivity index (χ3n) is 4.18. The first-order valence-electron chi connectivity index (χ1n) is 6.51. The van der Waals surface area contributed by atoms with Crippen molar-refractivity contribution in [1.82, 2.24) is 5.32 Å². The Labute approximate surface area is 102 Å². The first-order valence-corrected chi connectivity index (χ1v) is 6.51. The number of hydrogen-bond acceptors (Lipinski definition) is 1. The van der Waals surface area contributed by atoms with Gasteiger partial charge in [-0.2, -0.15) is 0 Å². The molecule has 1 aliphatic heterocycles. The Morgan fingerprint density at radius 3 is 3.00 bits per heavy atom. The molecule has 1 saturated carbocycles. The van der Waals surface area contributed by atoms with E-state index in [-0.39, 0.29) is 5.82 Å². The number of halogens is 1. The number of nitrogens with one attached hydrogen (secondary N) is 1. The molecule has 1 nitrogen and oxygen atoms in total. The van der Waals surface area contributed by atoms with Crippen molar-refractivity contribution in [3.8, 4) is 0 Å². The van der Waals surface area contributed by atoms with Crippen molar-refractivity contribution in [3.05, 3.63) is 41.7 Å². The monoisotopic (exact) mass is 231 g/mol. The van der Waals surface area contributed by atoms with E-state index in [4.69, 9.17) is 0 Å². The van der Waals surface area contributed by atoms with Crippen LogP contribution in [0, 0.1) is 17.7 Å². The molecule has 1 N–H and O–H groups in total. The van der Waals surface area contributed by atoms with Gasteiger partial charge in [-0.15, -0.1) is 0 Å². The Balaban J connectivity index is 1.73. The lowest BCUT2D eigenvalue weighted by Crippen LogP contribution is -2.23. The molecule has 2 heteroatoms. The molecule has 0 amide bonds. The zero-order chi connectivity index (χ0) is 11.7. The van der Waals surface area contributed by atoms with Crippen molar-refractivity contribution < 1.29 is 4.39 Å². The van der Waals surface area contributed by atoms with Crippen molar-refractivity contribution >= 4 is 6.08 Å². The summed E-state index contributed by atoms with van der Waals surface area (Å²) < 4.78 is 13.5. The van der Waals surface area contributed by atoms with Crippen molar-refractivity contribution in [1.29, 1.82) is 0 Å². The van der Waals surface area contributed by atoms with E-state index in [0.29, 0.717) is 11.6 Å². The Morgan fingerprint density at radius 1 is 1.24 bits per heavy atom. The highest BCUT2D eigenvalue weighted by atomic mass is 19.1. The van der Waals surface area contributed by atoms with E-state index in [1.807, 2.05) is 18.2 Å². The number of hydrogen-bond donors (Lipinski definition) is 1. The molecule has 3 unspecified atom stereocenters. The molecule has 1 aromatic carbocycles. The minimum atomic E-state index is -0.135. The van der Waals surface area contributed by atoms with Crippen LogP contribution in [-0.4, -0.2) is 12.6 Å². The van der Waals surface area contributed by atoms with Gasteiger partial charge in [0, 0.05) is 11.6 Å². The average molecular weight is 231 g/mol. The molecule has 2 aliphatic rings. The van der Waals surface area contributed by atoms with Gasteiger partial charge in [0.2, 0.25) is 0 Å². The van der Waals surface area contributed by atoms with Crippen LogP contribution in [0.25, 0.3) is 6.08 Å². The topological polar surface area (TPSA) is 12.0 Å². The summed E-state index contributed by atoms with van der Waals surface area (Å²) in [6.45, 7) is 1.14. The van der Waals surface area contributed by atoms with Crippen LogP contribution in [0.5, 0.6) is 0 Å². The van der Waals surface area contributed by atoms with E-state index < -0.39 is 0 Å². The van der Waals surface area contributed by atoms with Gasteiger partial charge >= 0.3 is 0 Å². The summed E-state index contributed by atoms with van der Waals surface area (Å²) in [6.07, 6.45) is 8.12. The fraction of sp³-hybridized carbons (Fsp3) is 0.467. The second-order valence-corrected chi connectivity index (χ2v) is 5.17. The van der Waals surface area contributed by atoms with Crippen LogP contribution in [0.3, 0.4) is 0 Å². The largest absolute Gasteiger partial charge is 0.310 e. The fourth-order valence-corrected chi connectivity index (χ4v) is 3.26. The van der Waals surface area contributed by atoms with Crippen molar-refractivity contribution in [2.24, 2.45) is 11.8 Å². The van der Waals surface area contributed by atoms with E-state index >= 15 is 0 Å². The minimum Gasteiger partial charge on any atom is -0.310 e. The zero-order valence-electron chi connectivity index (χ0n) is 9.90. The van der Waals surface area contributed by atoms with Crippen molar-refractivity contribution in [2.75, 3.05) is 6.54 Å². The van der Waals surface area contributed by atoms with Gasteiger partial charge in [0.1, 0.15) is 5.82 Å². The Morgan fingerprint density at radius 2 is 2.12 bits per heavy atom. The maximum atomic E-state index is 13.5. The number of benzene rings is 1. The van der Waals surface area contributed by atoms with Gasteiger partial charge in [0.15, 0.2) is 0 Å². The summed E-state index contributed by atoms with van der Waals surface area (Å²) in [6, 6.07) is 7.39. The second-order valence-electron chi connectivity index (χ2n) is 5.17. The normalized spacial score (nSPS) is 32.2. The molecule has 1 aliphatic carbocycles. The summed E-state index contributed by atoms with van der Waals surface area (Å²) in [5.41, 5.74) is 0.691. The third kappa shape index (κ3) is 2.14. The van der Waals surface area contributed by atoms with Gasteiger partial charge < -0.3 is 5.32 Å². The summed E-state index contributed by atoms with van der Waals surface area (Å²) in [5.74, 6) is 1.49. The third-order valence-corrected chi connectivity index (χ3v) is 4.18. The molecule has 90 valence electrons. The number of fused-ring (bicyclic) bond motifs is 1. The Hall–Kier alpha value is -1.15. The summed E-state index contributed by atoms with van der Waals surface area (Å²) in [4.78, 5) is 0. The van der Waals surface area contributed by atoms with Crippen LogP contribution in [-0.2, 0) is 0 Å². The van der Waals surface area contributed by atoms with Gasteiger partial charge in [0.25, 0.3) is 0 Å². The Kier molecular flexibility index (Phi) is 2.98. The minimum absolute atomic E-state index is 0.135. The molecule has 0 aromatic heterocycles. The summed E-state index contributed by atoms with van der Waals surface area (Å²) in [5, 5.41) is 3.54. The zero-order valence-corrected chi connectivity index (χ0v) is 9.90. The predicted octanol–water partition coefficient (Wildman–Crippen LogP) is 3.23. The fourth-order valence-electron chi connectivity index (χ4n) is 3.26. The van der Waals surface area contributed by atoms with E-state index in [1.54, 1.807) is 6.07 Å². The standard InChI is InChI=1S/C15H18FN/c16-14-7-2-1-4-11(14)8-9-15-13-6-3-5-12(13)10-17-15/h1-2,4,7-9,12-13,15,17H,3,5-6,10H2/b9-8+. The molecule has 3 atom stereocenters. The summed E-state index contributed by atoms with van der Waals surface area (Å²) in [7, 11) is 0. The molecule has 17 heavy (non-hydrogen) atoms. The highest BCUT2D eigenvalue weighted by Crippen LogP contribution is 2.38. The van der Waals surface area contributed by atoms with Gasteiger partial charge in [-0.3, -0.25) is 0 Å². The van der Waals surface area contributed by atoms with Crippen molar-refractivity contribution in [3.63, 3.8) is 0 Å². The first-order chi connectivity index (χ1) is 8.34. The van der Waals surface area contributed by atoms with Crippen LogP contribution in [0.1, 0.15) is 24.8 Å². The van der Waals surface area contributed by atoms with Gasteiger partial charge in [0.05, 0.1) is 0 Å². The Bertz CT molecular complexity index is 427. The smallest absolute Gasteiger partial charge is 0.130 e. The first kappa shape index (κ1) is 11.0. The lowest BCUT2D eigenvalue weighted by atomic mass is 9.93. The van der Waals surface area contributed by atoms with Crippen LogP contribution in [0.4, 0.5) is 4.39 Å². The van der Waals surface area contributed by atoms with Gasteiger partial charge in [-0.1, -0.05) is 36.8 Å². The van der Waals surface area contributed by atoms with E-state index in [9.17, 15) is 4.39 Å². The second kappa shape index (κ2) is 4.61. The highest BCUT2D eigenvalue weighted by molar-refractivity contribution is 5.50. The molecular weight excluding hydrogens is 213 g/mol. The predicted molar refractivity (Wildman–Crippen MR) is 68.1 cm³/mol. The lowest BCUT2D eigenvalue weighted by molar-refractivity contribution is 0.456. The maximum absolute atomic E-state index is 13.5. The van der Waals surface area contributed by atoms with Gasteiger partial charge in [-0.25, -0.2) is 4.39 Å². The molecule has 3 rings (SSSR count). The SMILES string of the molecule is Fc1ccccc1/C=C/C1NCC2CCCC21. The quantitative estimate of drug-likeness (QED) is 0.824. The lowest BCUT2D eigenvalue weighted by Gasteiger charge is -2.13. The summed E-state index contributed by atoms with van der Waals surface area (Å²) >= 11 is 0. The van der Waals surface area contributed by atoms with Crippen LogP contribution >= 0.6 is 0 Å². The molecule has 1 aromatic rings. The molecule has 1 saturated heterocycles. The molecule has 0 bridgehead atoms. The van der Waals surface area contributed by atoms with Crippen molar-refractivity contribution in [2.45, 2.75) is 25.3 Å². The van der Waals surface area contributed by atoms with E-state index in [0.717, 1.165) is 18.4 Å². The molecule has 2 fully saturated rings. The molecule has 0 spiro atoms. The molecular formula is C15H18FN. The van der Waals surface area contributed by atoms with Gasteiger partial charge in [-0.05, 0) is 37.3 Å². The van der Waals surface area contributed by atoms with Crippen LogP contribution in [0.2, 0.25) is 0 Å². The molecule has 0 radical (unpaired) electrons. The number of rotatable bonds is 2. The highest BCUT2D eigenvalue weighted by Gasteiger charge is 2.37.